The highest BCUT2D eigenvalue weighted by Crippen LogP contribution is 2.11. The van der Waals surface area contributed by atoms with E-state index in [9.17, 15) is 4.79 Å². The number of carbonyl (C=O) groups is 1. The molecule has 0 atom stereocenters. The van der Waals surface area contributed by atoms with Crippen molar-refractivity contribution >= 4 is 5.91 Å². The molecule has 0 aliphatic carbocycles. The standard InChI is InChI=1S/C12H15N5O2/c1-3-16(2)11(18)9-19-17-14-12(13-15-17)10-7-5-4-6-8-10/h4-8H,3,9H2,1-2H3. The highest BCUT2D eigenvalue weighted by atomic mass is 16.7. The molecule has 2 rings (SSSR count). The predicted molar refractivity (Wildman–Crippen MR) is 68.0 cm³/mol. The summed E-state index contributed by atoms with van der Waals surface area (Å²) in [6, 6.07) is 9.42. The third-order valence-corrected chi connectivity index (χ3v) is 2.63. The van der Waals surface area contributed by atoms with Crippen molar-refractivity contribution in [3.63, 3.8) is 0 Å². The molecule has 0 fully saturated rings. The summed E-state index contributed by atoms with van der Waals surface area (Å²) in [6.45, 7) is 2.40. The van der Waals surface area contributed by atoms with Crippen molar-refractivity contribution in [2.75, 3.05) is 20.2 Å². The first-order chi connectivity index (χ1) is 9.20. The van der Waals surface area contributed by atoms with Crippen molar-refractivity contribution in [3.05, 3.63) is 30.3 Å². The second kappa shape index (κ2) is 5.94. The van der Waals surface area contributed by atoms with Crippen LogP contribution in [-0.2, 0) is 4.79 Å². The summed E-state index contributed by atoms with van der Waals surface area (Å²) in [5.74, 6) is 0.318. The minimum atomic E-state index is -0.138. The predicted octanol–water partition coefficient (Wildman–Crippen LogP) is 0.247. The maximum atomic E-state index is 11.5. The number of nitrogens with zero attached hydrogens (tertiary/aromatic N) is 5. The molecule has 0 saturated carbocycles. The first kappa shape index (κ1) is 13.0. The topological polar surface area (TPSA) is 73.1 Å². The molecule has 0 bridgehead atoms. The molecular weight excluding hydrogens is 246 g/mol. The van der Waals surface area contributed by atoms with E-state index >= 15 is 0 Å². The Balaban J connectivity index is 1.97. The third-order valence-electron chi connectivity index (χ3n) is 2.63. The van der Waals surface area contributed by atoms with Crippen molar-refractivity contribution in [2.24, 2.45) is 0 Å². The van der Waals surface area contributed by atoms with Crippen LogP contribution in [-0.4, -0.2) is 51.4 Å². The van der Waals surface area contributed by atoms with E-state index in [1.165, 1.54) is 0 Å². The number of likely N-dealkylation sites (N-methyl/N-ethyl adjacent to an activating group) is 1. The van der Waals surface area contributed by atoms with Crippen LogP contribution < -0.4 is 4.84 Å². The molecule has 0 unspecified atom stereocenters. The molecule has 2 aromatic rings. The van der Waals surface area contributed by atoms with Gasteiger partial charge in [0, 0.05) is 24.1 Å². The first-order valence-corrected chi connectivity index (χ1v) is 5.93. The summed E-state index contributed by atoms with van der Waals surface area (Å²) >= 11 is 0. The average molecular weight is 261 g/mol. The van der Waals surface area contributed by atoms with E-state index < -0.39 is 0 Å². The number of tetrazole rings is 1. The Morgan fingerprint density at radius 3 is 2.79 bits per heavy atom. The molecule has 0 radical (unpaired) electrons. The van der Waals surface area contributed by atoms with E-state index in [2.05, 4.69) is 15.4 Å². The lowest BCUT2D eigenvalue weighted by atomic mass is 10.2. The lowest BCUT2D eigenvalue weighted by molar-refractivity contribution is -0.136. The van der Waals surface area contributed by atoms with Gasteiger partial charge in [0.1, 0.15) is 0 Å². The van der Waals surface area contributed by atoms with Gasteiger partial charge in [0.25, 0.3) is 5.91 Å². The van der Waals surface area contributed by atoms with Crippen molar-refractivity contribution in [1.82, 2.24) is 25.3 Å². The van der Waals surface area contributed by atoms with E-state index in [4.69, 9.17) is 4.84 Å². The fraction of sp³-hybridized carbons (Fsp3) is 0.333. The normalized spacial score (nSPS) is 10.2. The SMILES string of the molecule is CCN(C)C(=O)COn1nnc(-c2ccccc2)n1. The van der Waals surface area contributed by atoms with Crippen molar-refractivity contribution < 1.29 is 9.63 Å². The van der Waals surface area contributed by atoms with E-state index in [0.29, 0.717) is 12.4 Å². The fourth-order valence-electron chi connectivity index (χ4n) is 1.36. The Kier molecular flexibility index (Phi) is 4.07. The quantitative estimate of drug-likeness (QED) is 0.771. The van der Waals surface area contributed by atoms with Gasteiger partial charge in [-0.15, -0.1) is 5.10 Å². The summed E-state index contributed by atoms with van der Waals surface area (Å²) in [5.41, 5.74) is 0.842. The van der Waals surface area contributed by atoms with Gasteiger partial charge < -0.3 is 9.74 Å². The monoisotopic (exact) mass is 261 g/mol. The second-order valence-corrected chi connectivity index (χ2v) is 3.91. The van der Waals surface area contributed by atoms with Gasteiger partial charge in [-0.25, -0.2) is 0 Å². The van der Waals surface area contributed by atoms with Crippen LogP contribution in [0.4, 0.5) is 0 Å². The fourth-order valence-corrected chi connectivity index (χ4v) is 1.36. The summed E-state index contributed by atoms with van der Waals surface area (Å²) in [5, 5.41) is 11.6. The molecule has 0 aliphatic rings. The van der Waals surface area contributed by atoms with Crippen molar-refractivity contribution in [2.45, 2.75) is 6.92 Å². The Labute approximate surface area is 110 Å². The lowest BCUT2D eigenvalue weighted by Crippen LogP contribution is -2.34. The van der Waals surface area contributed by atoms with E-state index in [1.807, 2.05) is 37.3 Å². The molecular formula is C12H15N5O2. The average Bonchev–Trinajstić information content (AvgIpc) is 2.93. The largest absolute Gasteiger partial charge is 0.370 e. The zero-order valence-electron chi connectivity index (χ0n) is 10.9. The number of amides is 1. The summed E-state index contributed by atoms with van der Waals surface area (Å²) in [7, 11) is 1.70. The van der Waals surface area contributed by atoms with E-state index in [1.54, 1.807) is 11.9 Å². The van der Waals surface area contributed by atoms with Crippen LogP contribution in [0.1, 0.15) is 6.92 Å². The summed E-state index contributed by atoms with van der Waals surface area (Å²) in [4.78, 5) is 19.2. The molecule has 0 N–H and O–H groups in total. The molecule has 1 aromatic heterocycles. The molecule has 1 amide bonds. The van der Waals surface area contributed by atoms with Gasteiger partial charge in [0.2, 0.25) is 5.82 Å². The number of hydrogen-bond acceptors (Lipinski definition) is 5. The zero-order chi connectivity index (χ0) is 13.7. The minimum absolute atomic E-state index is 0.116. The number of rotatable bonds is 5. The molecule has 1 aromatic carbocycles. The number of hydrogen-bond donors (Lipinski definition) is 0. The van der Waals surface area contributed by atoms with Gasteiger partial charge in [-0.1, -0.05) is 35.4 Å². The van der Waals surface area contributed by atoms with Crippen molar-refractivity contribution in [1.29, 1.82) is 0 Å². The summed E-state index contributed by atoms with van der Waals surface area (Å²) < 4.78 is 0. The Morgan fingerprint density at radius 2 is 2.11 bits per heavy atom. The van der Waals surface area contributed by atoms with Gasteiger partial charge in [0.15, 0.2) is 6.61 Å². The maximum absolute atomic E-state index is 11.5. The Hall–Kier alpha value is -2.44. The van der Waals surface area contributed by atoms with Gasteiger partial charge in [-0.05, 0) is 12.1 Å². The minimum Gasteiger partial charge on any atom is -0.370 e. The van der Waals surface area contributed by atoms with Gasteiger partial charge in [-0.2, -0.15) is 0 Å². The molecule has 19 heavy (non-hydrogen) atoms. The van der Waals surface area contributed by atoms with Crippen LogP contribution in [0, 0.1) is 0 Å². The van der Waals surface area contributed by atoms with Crippen LogP contribution in [0.2, 0.25) is 0 Å². The van der Waals surface area contributed by atoms with Gasteiger partial charge in [-0.3, -0.25) is 4.79 Å². The summed E-state index contributed by atoms with van der Waals surface area (Å²) in [6.07, 6.45) is 0. The maximum Gasteiger partial charge on any atom is 0.263 e. The van der Waals surface area contributed by atoms with Crippen LogP contribution in [0.3, 0.4) is 0 Å². The molecule has 100 valence electrons. The molecule has 0 saturated heterocycles. The van der Waals surface area contributed by atoms with Crippen molar-refractivity contribution in [3.8, 4) is 11.4 Å². The molecule has 0 aliphatic heterocycles. The number of aromatic nitrogens is 4. The lowest BCUT2D eigenvalue weighted by Gasteiger charge is -2.13. The zero-order valence-corrected chi connectivity index (χ0v) is 10.9. The smallest absolute Gasteiger partial charge is 0.263 e. The highest BCUT2D eigenvalue weighted by Gasteiger charge is 2.10. The number of carbonyl (C=O) groups excluding carboxylic acids is 1. The second-order valence-electron chi connectivity index (χ2n) is 3.91. The van der Waals surface area contributed by atoms with Crippen LogP contribution in [0.25, 0.3) is 11.4 Å². The van der Waals surface area contributed by atoms with Crippen LogP contribution in [0.15, 0.2) is 30.3 Å². The molecule has 7 nitrogen and oxygen atoms in total. The molecule has 7 heteroatoms. The van der Waals surface area contributed by atoms with Gasteiger partial charge >= 0.3 is 0 Å². The van der Waals surface area contributed by atoms with E-state index in [-0.39, 0.29) is 12.5 Å². The van der Waals surface area contributed by atoms with Crippen LogP contribution >= 0.6 is 0 Å². The van der Waals surface area contributed by atoms with E-state index in [0.717, 1.165) is 10.5 Å². The molecule has 0 spiro atoms. The first-order valence-electron chi connectivity index (χ1n) is 5.93. The highest BCUT2D eigenvalue weighted by molar-refractivity contribution is 5.77. The number of benzene rings is 1. The Bertz CT molecular complexity index is 540. The molecule has 1 heterocycles. The van der Waals surface area contributed by atoms with Gasteiger partial charge in [0.05, 0.1) is 0 Å². The Morgan fingerprint density at radius 1 is 1.37 bits per heavy atom. The van der Waals surface area contributed by atoms with Crippen LogP contribution in [0.5, 0.6) is 0 Å². The third kappa shape index (κ3) is 3.27.